The van der Waals surface area contributed by atoms with Crippen LogP contribution in [0.4, 0.5) is 0 Å². The van der Waals surface area contributed by atoms with E-state index in [1.54, 1.807) is 0 Å². The maximum Gasteiger partial charge on any atom is 0.111 e. The summed E-state index contributed by atoms with van der Waals surface area (Å²) in [6.45, 7) is 4.49. The fraction of sp³-hybridized carbons (Fsp3) is 0.444. The van der Waals surface area contributed by atoms with Gasteiger partial charge in [-0.05, 0) is 11.6 Å². The van der Waals surface area contributed by atoms with Gasteiger partial charge in [0.15, 0.2) is 0 Å². The molecule has 1 aromatic heterocycles. The molecule has 0 N–H and O–H groups in total. The molecule has 64 valence electrons. The van der Waals surface area contributed by atoms with E-state index in [1.165, 1.54) is 5.56 Å². The van der Waals surface area contributed by atoms with E-state index in [-0.39, 0.29) is 0 Å². The quantitative estimate of drug-likeness (QED) is 0.626. The van der Waals surface area contributed by atoms with Crippen molar-refractivity contribution in [2.24, 2.45) is 0 Å². The van der Waals surface area contributed by atoms with Crippen molar-refractivity contribution in [3.8, 4) is 0 Å². The van der Waals surface area contributed by atoms with Gasteiger partial charge in [-0.25, -0.2) is 0 Å². The molecule has 1 aliphatic heterocycles. The zero-order chi connectivity index (χ0) is 8.39. The van der Waals surface area contributed by atoms with E-state index < -0.39 is 0 Å². The Morgan fingerprint density at radius 2 is 2.58 bits per heavy atom. The van der Waals surface area contributed by atoms with Gasteiger partial charge in [0.1, 0.15) is 6.61 Å². The summed E-state index contributed by atoms with van der Waals surface area (Å²) in [4.78, 5) is 9.66. The largest absolute Gasteiger partial charge is 0.292 e. The Bertz CT molecular complexity index is 275. The lowest BCUT2D eigenvalue weighted by atomic mass is 10.2. The van der Waals surface area contributed by atoms with E-state index in [0.717, 1.165) is 18.8 Å². The van der Waals surface area contributed by atoms with Crippen LogP contribution in [0, 0.1) is 0 Å². The number of hydrogen-bond donors (Lipinski definition) is 0. The number of nitrogens with zero attached hydrogens (tertiary/aromatic N) is 2. The minimum absolute atomic E-state index is 0.615. The van der Waals surface area contributed by atoms with Crippen LogP contribution in [-0.2, 0) is 18.0 Å². The monoisotopic (exact) mass is 164 g/mol. The van der Waals surface area contributed by atoms with E-state index in [4.69, 9.17) is 4.84 Å². The molecule has 0 aromatic carbocycles. The van der Waals surface area contributed by atoms with Gasteiger partial charge in [-0.3, -0.25) is 9.82 Å². The van der Waals surface area contributed by atoms with Gasteiger partial charge in [0.25, 0.3) is 0 Å². The molecule has 0 amide bonds. The Morgan fingerprint density at radius 3 is 3.42 bits per heavy atom. The second-order valence-electron chi connectivity index (χ2n) is 2.84. The molecule has 2 heterocycles. The van der Waals surface area contributed by atoms with Crippen molar-refractivity contribution in [2.45, 2.75) is 20.1 Å². The van der Waals surface area contributed by atoms with Crippen LogP contribution in [0.15, 0.2) is 18.3 Å². The van der Waals surface area contributed by atoms with Crippen LogP contribution < -0.4 is 0 Å². The molecule has 0 saturated heterocycles. The first kappa shape index (κ1) is 7.71. The Morgan fingerprint density at radius 1 is 1.67 bits per heavy atom. The van der Waals surface area contributed by atoms with Crippen molar-refractivity contribution in [3.63, 3.8) is 0 Å². The number of fused-ring (bicyclic) bond motifs is 1. The van der Waals surface area contributed by atoms with Crippen LogP contribution in [0.25, 0.3) is 0 Å². The van der Waals surface area contributed by atoms with Gasteiger partial charge in [0.05, 0.1) is 12.2 Å². The van der Waals surface area contributed by atoms with Crippen molar-refractivity contribution in [3.05, 3.63) is 29.6 Å². The first-order valence-electron chi connectivity index (χ1n) is 4.21. The number of pyridine rings is 1. The molecule has 0 saturated carbocycles. The zero-order valence-electron chi connectivity index (χ0n) is 7.16. The molecule has 0 fully saturated rings. The predicted octanol–water partition coefficient (Wildman–Crippen LogP) is 1.35. The average Bonchev–Trinajstić information content (AvgIpc) is 2.17. The first-order valence-corrected chi connectivity index (χ1v) is 4.21. The fourth-order valence-electron chi connectivity index (χ4n) is 1.34. The Balaban J connectivity index is 2.23. The maximum atomic E-state index is 5.42. The van der Waals surface area contributed by atoms with Gasteiger partial charge in [-0.2, -0.15) is 5.06 Å². The van der Waals surface area contributed by atoms with Crippen LogP contribution in [-0.4, -0.2) is 16.6 Å². The average molecular weight is 164 g/mol. The molecular weight excluding hydrogens is 152 g/mol. The van der Waals surface area contributed by atoms with Gasteiger partial charge in [-0.1, -0.05) is 13.0 Å². The fourth-order valence-corrected chi connectivity index (χ4v) is 1.34. The van der Waals surface area contributed by atoms with E-state index in [2.05, 4.69) is 18.0 Å². The van der Waals surface area contributed by atoms with Crippen LogP contribution >= 0.6 is 0 Å². The van der Waals surface area contributed by atoms with Crippen LogP contribution in [0.3, 0.4) is 0 Å². The summed E-state index contributed by atoms with van der Waals surface area (Å²) in [7, 11) is 0. The SMILES string of the molecule is CCN1Cc2cccnc2CO1. The molecule has 2 rings (SSSR count). The predicted molar refractivity (Wildman–Crippen MR) is 45.1 cm³/mol. The van der Waals surface area contributed by atoms with E-state index in [1.807, 2.05) is 17.3 Å². The topological polar surface area (TPSA) is 25.4 Å². The Kier molecular flexibility index (Phi) is 2.06. The van der Waals surface area contributed by atoms with Gasteiger partial charge < -0.3 is 0 Å². The minimum Gasteiger partial charge on any atom is -0.292 e. The molecule has 0 aliphatic carbocycles. The van der Waals surface area contributed by atoms with Crippen molar-refractivity contribution in [1.29, 1.82) is 0 Å². The third-order valence-corrected chi connectivity index (χ3v) is 2.07. The van der Waals surface area contributed by atoms with Gasteiger partial charge in [0, 0.05) is 12.7 Å². The van der Waals surface area contributed by atoms with Crippen LogP contribution in [0.2, 0.25) is 0 Å². The van der Waals surface area contributed by atoms with E-state index in [0.29, 0.717) is 6.61 Å². The summed E-state index contributed by atoms with van der Waals surface area (Å²) in [5.74, 6) is 0. The number of hydrogen-bond acceptors (Lipinski definition) is 3. The molecule has 12 heavy (non-hydrogen) atoms. The molecule has 0 radical (unpaired) electrons. The molecule has 1 aliphatic rings. The Hall–Kier alpha value is -0.930. The van der Waals surface area contributed by atoms with Gasteiger partial charge in [0.2, 0.25) is 0 Å². The molecule has 0 spiro atoms. The normalized spacial score (nSPS) is 17.4. The van der Waals surface area contributed by atoms with Crippen molar-refractivity contribution >= 4 is 0 Å². The van der Waals surface area contributed by atoms with Crippen molar-refractivity contribution < 1.29 is 4.84 Å². The number of rotatable bonds is 1. The number of aromatic nitrogens is 1. The molecule has 1 aromatic rings. The third-order valence-electron chi connectivity index (χ3n) is 2.07. The second kappa shape index (κ2) is 3.21. The summed E-state index contributed by atoms with van der Waals surface area (Å²) in [5, 5.41) is 1.95. The highest BCUT2D eigenvalue weighted by atomic mass is 16.7. The summed E-state index contributed by atoms with van der Waals surface area (Å²) in [6, 6.07) is 4.07. The zero-order valence-corrected chi connectivity index (χ0v) is 7.16. The van der Waals surface area contributed by atoms with E-state index in [9.17, 15) is 0 Å². The Labute approximate surface area is 71.9 Å². The summed E-state index contributed by atoms with van der Waals surface area (Å²) in [6.07, 6.45) is 1.81. The first-order chi connectivity index (χ1) is 5.90. The molecule has 3 nitrogen and oxygen atoms in total. The molecule has 0 atom stereocenters. The highest BCUT2D eigenvalue weighted by Crippen LogP contribution is 2.16. The smallest absolute Gasteiger partial charge is 0.111 e. The molecular formula is C9H12N2O. The maximum absolute atomic E-state index is 5.42. The van der Waals surface area contributed by atoms with Crippen LogP contribution in [0.1, 0.15) is 18.2 Å². The molecule has 0 bridgehead atoms. The lowest BCUT2D eigenvalue weighted by Crippen LogP contribution is -2.28. The standard InChI is InChI=1S/C9H12N2O/c1-2-11-6-8-4-3-5-10-9(8)7-12-11/h3-5H,2,6-7H2,1H3. The van der Waals surface area contributed by atoms with Gasteiger partial charge >= 0.3 is 0 Å². The second-order valence-corrected chi connectivity index (χ2v) is 2.84. The molecule has 3 heteroatoms. The van der Waals surface area contributed by atoms with Gasteiger partial charge in [-0.15, -0.1) is 0 Å². The van der Waals surface area contributed by atoms with Crippen molar-refractivity contribution in [2.75, 3.05) is 6.54 Å². The summed E-state index contributed by atoms with van der Waals surface area (Å²) < 4.78 is 0. The molecule has 0 unspecified atom stereocenters. The van der Waals surface area contributed by atoms with Crippen molar-refractivity contribution in [1.82, 2.24) is 10.0 Å². The summed E-state index contributed by atoms with van der Waals surface area (Å²) in [5.41, 5.74) is 2.35. The highest BCUT2D eigenvalue weighted by Gasteiger charge is 2.15. The lowest BCUT2D eigenvalue weighted by Gasteiger charge is -2.25. The minimum atomic E-state index is 0.615. The highest BCUT2D eigenvalue weighted by molar-refractivity contribution is 5.19. The van der Waals surface area contributed by atoms with Crippen LogP contribution in [0.5, 0.6) is 0 Å². The lowest BCUT2D eigenvalue weighted by molar-refractivity contribution is -0.185. The summed E-state index contributed by atoms with van der Waals surface area (Å²) >= 11 is 0. The number of hydroxylamine groups is 2. The third kappa shape index (κ3) is 1.33. The van der Waals surface area contributed by atoms with E-state index >= 15 is 0 Å².